The van der Waals surface area contributed by atoms with Crippen LogP contribution in [0.5, 0.6) is 5.75 Å². The van der Waals surface area contributed by atoms with Gasteiger partial charge in [-0.1, -0.05) is 37.6 Å². The summed E-state index contributed by atoms with van der Waals surface area (Å²) in [6, 6.07) is 10.1. The van der Waals surface area contributed by atoms with Crippen LogP contribution < -0.4 is 0 Å². The van der Waals surface area contributed by atoms with Crippen molar-refractivity contribution in [2.24, 2.45) is 0 Å². The van der Waals surface area contributed by atoms with E-state index < -0.39 is 5.97 Å². The zero-order chi connectivity index (χ0) is 23.4. The van der Waals surface area contributed by atoms with Gasteiger partial charge in [-0.25, -0.2) is 4.98 Å². The number of phenolic OH excluding ortho intramolecular Hbond substituents is 1. The Bertz CT molecular complexity index is 1150. The van der Waals surface area contributed by atoms with E-state index in [1.54, 1.807) is 18.2 Å². The third-order valence-corrected chi connectivity index (χ3v) is 5.54. The Morgan fingerprint density at radius 2 is 1.84 bits per heavy atom. The number of aromatic nitrogens is 1. The molecule has 0 atom stereocenters. The van der Waals surface area contributed by atoms with Gasteiger partial charge in [-0.3, -0.25) is 9.59 Å². The maximum absolute atomic E-state index is 12.8. The first-order chi connectivity index (χ1) is 15.2. The molecular weight excluding hydrogens is 430 g/mol. The molecule has 32 heavy (non-hydrogen) atoms. The van der Waals surface area contributed by atoms with Gasteiger partial charge in [-0.2, -0.15) is 0 Å². The molecule has 0 aliphatic heterocycles. The Kier molecular flexibility index (Phi) is 7.36. The minimum absolute atomic E-state index is 0.0184. The molecule has 0 aliphatic carbocycles. The second-order valence-corrected chi connectivity index (χ2v) is 8.54. The Morgan fingerprint density at radius 1 is 1.09 bits per heavy atom. The quantitative estimate of drug-likeness (QED) is 0.386. The highest BCUT2D eigenvalue weighted by molar-refractivity contribution is 6.30. The van der Waals surface area contributed by atoms with Gasteiger partial charge in [0.15, 0.2) is 5.78 Å². The molecule has 2 N–H and O–H groups in total. The number of phenols is 1. The van der Waals surface area contributed by atoms with Crippen molar-refractivity contribution < 1.29 is 24.2 Å². The molecule has 3 aromatic rings. The summed E-state index contributed by atoms with van der Waals surface area (Å²) in [7, 11) is 0. The second kappa shape index (κ2) is 10.0. The molecule has 7 heteroatoms. The molecule has 0 unspecified atom stereocenters. The number of aromatic hydroxyl groups is 1. The standard InChI is InChI=1S/C25H26ClNO5/c1-14(2)24-20(27-25(32-24)19-8-7-18(26)13-22(19)29)9-10-21(28)17-5-4-16(15(3)12-17)6-11-23(30)31/h4-5,7-8,12-14,29H,6,9-11H2,1-3H3,(H,30,31). The molecule has 1 aromatic heterocycles. The van der Waals surface area contributed by atoms with E-state index in [0.717, 1.165) is 11.1 Å². The fourth-order valence-corrected chi connectivity index (χ4v) is 3.73. The first kappa shape index (κ1) is 23.5. The molecule has 0 spiro atoms. The Morgan fingerprint density at radius 3 is 2.47 bits per heavy atom. The van der Waals surface area contributed by atoms with E-state index in [0.29, 0.717) is 46.3 Å². The molecule has 2 aromatic carbocycles. The highest BCUT2D eigenvalue weighted by atomic mass is 35.5. The molecule has 0 radical (unpaired) electrons. The van der Waals surface area contributed by atoms with Crippen LogP contribution in [0.25, 0.3) is 11.5 Å². The molecular formula is C25H26ClNO5. The topological polar surface area (TPSA) is 101 Å². The van der Waals surface area contributed by atoms with Crippen molar-refractivity contribution in [1.29, 1.82) is 0 Å². The summed E-state index contributed by atoms with van der Waals surface area (Å²) in [5.74, 6) is 0.156. The molecule has 6 nitrogen and oxygen atoms in total. The number of carboxylic acid groups (broad SMARTS) is 1. The van der Waals surface area contributed by atoms with Crippen LogP contribution in [0.4, 0.5) is 0 Å². The van der Waals surface area contributed by atoms with Crippen LogP contribution in [0.2, 0.25) is 5.02 Å². The van der Waals surface area contributed by atoms with Crippen molar-refractivity contribution >= 4 is 23.4 Å². The molecule has 0 saturated carbocycles. The molecule has 0 bridgehead atoms. The number of carbonyl (C=O) groups excluding carboxylic acids is 1. The highest BCUT2D eigenvalue weighted by Gasteiger charge is 2.20. The number of Topliss-reactive ketones (excluding diaryl/α,β-unsaturated/α-hetero) is 1. The Hall–Kier alpha value is -3.12. The summed E-state index contributed by atoms with van der Waals surface area (Å²) < 4.78 is 5.93. The van der Waals surface area contributed by atoms with E-state index in [9.17, 15) is 14.7 Å². The summed E-state index contributed by atoms with van der Waals surface area (Å²) >= 11 is 5.91. The molecule has 0 fully saturated rings. The normalized spacial score (nSPS) is 11.2. The van der Waals surface area contributed by atoms with Crippen LogP contribution >= 0.6 is 11.6 Å². The lowest BCUT2D eigenvalue weighted by Gasteiger charge is -2.08. The maximum atomic E-state index is 12.8. The number of ketones is 1. The zero-order valence-electron chi connectivity index (χ0n) is 18.3. The number of hydrogen-bond donors (Lipinski definition) is 2. The number of oxazole rings is 1. The number of benzene rings is 2. The van der Waals surface area contributed by atoms with Crippen LogP contribution in [0, 0.1) is 6.92 Å². The van der Waals surface area contributed by atoms with Gasteiger partial charge in [0, 0.05) is 35.8 Å². The number of halogens is 1. The van der Waals surface area contributed by atoms with Crippen molar-refractivity contribution in [3.05, 3.63) is 69.6 Å². The molecule has 0 aliphatic rings. The number of rotatable bonds is 9. The van der Waals surface area contributed by atoms with Gasteiger partial charge in [0.1, 0.15) is 11.5 Å². The molecule has 0 amide bonds. The van der Waals surface area contributed by atoms with Crippen LogP contribution in [0.15, 0.2) is 40.8 Å². The fraction of sp³-hybridized carbons (Fsp3) is 0.320. The van der Waals surface area contributed by atoms with Crippen molar-refractivity contribution in [2.45, 2.75) is 52.4 Å². The van der Waals surface area contributed by atoms with Gasteiger partial charge in [-0.15, -0.1) is 0 Å². The molecule has 3 rings (SSSR count). The number of aliphatic carboxylic acids is 1. The monoisotopic (exact) mass is 455 g/mol. The van der Waals surface area contributed by atoms with Crippen LogP contribution in [-0.2, 0) is 17.6 Å². The maximum Gasteiger partial charge on any atom is 0.303 e. The van der Waals surface area contributed by atoms with E-state index in [2.05, 4.69) is 4.98 Å². The lowest BCUT2D eigenvalue weighted by molar-refractivity contribution is -0.136. The lowest BCUT2D eigenvalue weighted by Crippen LogP contribution is -2.05. The first-order valence-electron chi connectivity index (χ1n) is 10.5. The molecule has 1 heterocycles. The van der Waals surface area contributed by atoms with Crippen molar-refractivity contribution in [2.75, 3.05) is 0 Å². The smallest absolute Gasteiger partial charge is 0.303 e. The summed E-state index contributed by atoms with van der Waals surface area (Å²) in [6.45, 7) is 5.85. The summed E-state index contributed by atoms with van der Waals surface area (Å²) in [5.41, 5.74) is 3.55. The summed E-state index contributed by atoms with van der Waals surface area (Å²) in [5, 5.41) is 19.5. The zero-order valence-corrected chi connectivity index (χ0v) is 19.1. The van der Waals surface area contributed by atoms with E-state index in [-0.39, 0.29) is 30.3 Å². The molecule has 168 valence electrons. The minimum Gasteiger partial charge on any atom is -0.507 e. The minimum atomic E-state index is -0.843. The van der Waals surface area contributed by atoms with E-state index in [4.69, 9.17) is 21.1 Å². The Labute approximate surface area is 191 Å². The first-order valence-corrected chi connectivity index (χ1v) is 10.9. The third-order valence-electron chi connectivity index (χ3n) is 5.30. The average molecular weight is 456 g/mol. The number of hydrogen-bond acceptors (Lipinski definition) is 5. The fourth-order valence-electron chi connectivity index (χ4n) is 3.56. The number of aryl methyl sites for hydroxylation is 3. The van der Waals surface area contributed by atoms with Gasteiger partial charge in [0.2, 0.25) is 5.89 Å². The van der Waals surface area contributed by atoms with Gasteiger partial charge in [0.25, 0.3) is 0 Å². The lowest BCUT2D eigenvalue weighted by atomic mass is 9.97. The SMILES string of the molecule is Cc1cc(C(=O)CCc2nc(-c3ccc(Cl)cc3O)oc2C(C)C)ccc1CCC(=O)O. The van der Waals surface area contributed by atoms with Crippen LogP contribution in [0.1, 0.15) is 65.5 Å². The second-order valence-electron chi connectivity index (χ2n) is 8.10. The van der Waals surface area contributed by atoms with E-state index >= 15 is 0 Å². The summed E-state index contributed by atoms with van der Waals surface area (Å²) in [6.07, 6.45) is 1.16. The summed E-state index contributed by atoms with van der Waals surface area (Å²) in [4.78, 5) is 28.1. The average Bonchev–Trinajstić information content (AvgIpc) is 3.15. The highest BCUT2D eigenvalue weighted by Crippen LogP contribution is 2.34. The van der Waals surface area contributed by atoms with Gasteiger partial charge >= 0.3 is 5.97 Å². The number of nitrogens with zero attached hydrogens (tertiary/aromatic N) is 1. The van der Waals surface area contributed by atoms with Gasteiger partial charge < -0.3 is 14.6 Å². The van der Waals surface area contributed by atoms with Crippen LogP contribution in [0.3, 0.4) is 0 Å². The van der Waals surface area contributed by atoms with Gasteiger partial charge in [-0.05, 0) is 48.7 Å². The number of carboxylic acids is 1. The van der Waals surface area contributed by atoms with Crippen LogP contribution in [-0.4, -0.2) is 26.9 Å². The van der Waals surface area contributed by atoms with Crippen molar-refractivity contribution in [3.63, 3.8) is 0 Å². The third kappa shape index (κ3) is 5.56. The molecule has 0 saturated heterocycles. The van der Waals surface area contributed by atoms with Gasteiger partial charge in [0.05, 0.1) is 11.3 Å². The largest absolute Gasteiger partial charge is 0.507 e. The Balaban J connectivity index is 1.76. The van der Waals surface area contributed by atoms with Crippen molar-refractivity contribution in [1.82, 2.24) is 4.98 Å². The number of carbonyl (C=O) groups is 2. The van der Waals surface area contributed by atoms with E-state index in [1.165, 1.54) is 6.07 Å². The van der Waals surface area contributed by atoms with Crippen molar-refractivity contribution in [3.8, 4) is 17.2 Å². The predicted octanol–water partition coefficient (Wildman–Crippen LogP) is 5.97. The predicted molar refractivity (Wildman–Crippen MR) is 122 cm³/mol. The van der Waals surface area contributed by atoms with E-state index in [1.807, 2.05) is 32.9 Å².